The number of benzene rings is 1. The Hall–Kier alpha value is -0.280. The summed E-state index contributed by atoms with van der Waals surface area (Å²) in [5.41, 5.74) is 4.00. The molecule has 88 valence electrons. The maximum atomic E-state index is 6.14. The second-order valence-corrected chi connectivity index (χ2v) is 5.43. The van der Waals surface area contributed by atoms with Gasteiger partial charge in [-0.05, 0) is 42.4 Å². The van der Waals surface area contributed by atoms with E-state index < -0.39 is 0 Å². The summed E-state index contributed by atoms with van der Waals surface area (Å²) in [6.07, 6.45) is 2.11. The van der Waals surface area contributed by atoms with Gasteiger partial charge in [-0.2, -0.15) is 0 Å². The second kappa shape index (κ2) is 4.92. The largest absolute Gasteiger partial charge is 0.271 e. The van der Waals surface area contributed by atoms with Crippen LogP contribution in [0, 0.1) is 11.8 Å². The van der Waals surface area contributed by atoms with Crippen LogP contribution in [0.3, 0.4) is 0 Å². The van der Waals surface area contributed by atoms with E-state index in [0.717, 1.165) is 22.9 Å². The van der Waals surface area contributed by atoms with Gasteiger partial charge in [-0.15, -0.1) is 0 Å². The van der Waals surface area contributed by atoms with Gasteiger partial charge >= 0.3 is 0 Å². The zero-order valence-corrected chi connectivity index (χ0v) is 10.7. The van der Waals surface area contributed by atoms with Gasteiger partial charge in [0, 0.05) is 16.1 Å². The fourth-order valence-corrected chi connectivity index (χ4v) is 2.66. The van der Waals surface area contributed by atoms with Crippen LogP contribution < -0.4 is 11.3 Å². The van der Waals surface area contributed by atoms with Gasteiger partial charge in [0.05, 0.1) is 0 Å². The van der Waals surface area contributed by atoms with E-state index in [9.17, 15) is 0 Å². The van der Waals surface area contributed by atoms with Gasteiger partial charge in [-0.25, -0.2) is 0 Å². The second-order valence-electron chi connectivity index (χ2n) is 4.59. The molecule has 0 amide bonds. The van der Waals surface area contributed by atoms with Crippen molar-refractivity contribution in [2.75, 3.05) is 0 Å². The standard InChI is InChI=1S/C12H16Cl2N2/c1-7-4-10(7)12(16-15)5-8-2-3-9(13)6-11(8)14/h2-3,6-7,10,12,16H,4-5,15H2,1H3. The Balaban J connectivity index is 2.07. The number of nitrogens with two attached hydrogens (primary N) is 1. The Morgan fingerprint density at radius 2 is 2.19 bits per heavy atom. The number of halogens is 2. The lowest BCUT2D eigenvalue weighted by molar-refractivity contribution is 0.454. The molecule has 0 aromatic heterocycles. The molecule has 1 fully saturated rings. The van der Waals surface area contributed by atoms with Crippen molar-refractivity contribution in [3.05, 3.63) is 33.8 Å². The fourth-order valence-electron chi connectivity index (χ4n) is 2.17. The Labute approximate surface area is 106 Å². The van der Waals surface area contributed by atoms with Crippen molar-refractivity contribution in [2.45, 2.75) is 25.8 Å². The highest BCUT2D eigenvalue weighted by Gasteiger charge is 2.39. The van der Waals surface area contributed by atoms with Crippen molar-refractivity contribution in [3.63, 3.8) is 0 Å². The topological polar surface area (TPSA) is 38.0 Å². The van der Waals surface area contributed by atoms with Crippen LogP contribution in [0.25, 0.3) is 0 Å². The van der Waals surface area contributed by atoms with Gasteiger partial charge in [0.2, 0.25) is 0 Å². The van der Waals surface area contributed by atoms with Crippen molar-refractivity contribution in [2.24, 2.45) is 17.7 Å². The summed E-state index contributed by atoms with van der Waals surface area (Å²) in [6, 6.07) is 5.94. The molecule has 1 aromatic rings. The minimum atomic E-state index is 0.314. The molecule has 0 aliphatic heterocycles. The van der Waals surface area contributed by atoms with E-state index in [4.69, 9.17) is 29.0 Å². The monoisotopic (exact) mass is 258 g/mol. The number of hydrogen-bond donors (Lipinski definition) is 2. The first kappa shape index (κ1) is 12.2. The predicted octanol–water partition coefficient (Wildman–Crippen LogP) is 3.02. The van der Waals surface area contributed by atoms with Gasteiger partial charge in [-0.3, -0.25) is 11.3 Å². The lowest BCUT2D eigenvalue weighted by Gasteiger charge is -2.16. The van der Waals surface area contributed by atoms with Gasteiger partial charge in [-0.1, -0.05) is 36.2 Å². The molecule has 1 aromatic carbocycles. The van der Waals surface area contributed by atoms with Crippen LogP contribution in [0.2, 0.25) is 10.0 Å². The Morgan fingerprint density at radius 3 is 2.69 bits per heavy atom. The molecule has 1 aliphatic carbocycles. The van der Waals surface area contributed by atoms with Crippen molar-refractivity contribution in [1.29, 1.82) is 0 Å². The van der Waals surface area contributed by atoms with Crippen LogP contribution in [0.1, 0.15) is 18.9 Å². The van der Waals surface area contributed by atoms with E-state index in [2.05, 4.69) is 12.3 Å². The zero-order valence-electron chi connectivity index (χ0n) is 9.21. The quantitative estimate of drug-likeness (QED) is 0.644. The van der Waals surface area contributed by atoms with Gasteiger partial charge in [0.1, 0.15) is 0 Å². The fraction of sp³-hybridized carbons (Fsp3) is 0.500. The Morgan fingerprint density at radius 1 is 1.50 bits per heavy atom. The zero-order chi connectivity index (χ0) is 11.7. The molecule has 0 saturated heterocycles. The van der Waals surface area contributed by atoms with E-state index >= 15 is 0 Å². The molecule has 2 rings (SSSR count). The molecule has 0 spiro atoms. The predicted molar refractivity (Wildman–Crippen MR) is 68.5 cm³/mol. The molecular weight excluding hydrogens is 243 g/mol. The van der Waals surface area contributed by atoms with E-state index in [-0.39, 0.29) is 0 Å². The average molecular weight is 259 g/mol. The minimum absolute atomic E-state index is 0.314. The van der Waals surface area contributed by atoms with Crippen molar-refractivity contribution < 1.29 is 0 Å². The third-order valence-corrected chi connectivity index (χ3v) is 3.94. The van der Waals surface area contributed by atoms with Crippen LogP contribution in [-0.4, -0.2) is 6.04 Å². The molecule has 0 heterocycles. The summed E-state index contributed by atoms with van der Waals surface area (Å²) in [5, 5.41) is 1.40. The van der Waals surface area contributed by atoms with Gasteiger partial charge in [0.25, 0.3) is 0 Å². The summed E-state index contributed by atoms with van der Waals surface area (Å²) < 4.78 is 0. The molecule has 16 heavy (non-hydrogen) atoms. The van der Waals surface area contributed by atoms with E-state index in [1.165, 1.54) is 6.42 Å². The van der Waals surface area contributed by atoms with Crippen LogP contribution in [-0.2, 0) is 6.42 Å². The molecule has 2 nitrogen and oxygen atoms in total. The van der Waals surface area contributed by atoms with Gasteiger partial charge < -0.3 is 0 Å². The van der Waals surface area contributed by atoms with Crippen LogP contribution in [0.5, 0.6) is 0 Å². The molecule has 4 heteroatoms. The third-order valence-electron chi connectivity index (χ3n) is 3.36. The molecule has 3 atom stereocenters. The highest BCUT2D eigenvalue weighted by atomic mass is 35.5. The van der Waals surface area contributed by atoms with Crippen molar-refractivity contribution in [1.82, 2.24) is 5.43 Å². The Bertz CT molecular complexity index is 381. The maximum Gasteiger partial charge on any atom is 0.0453 e. The Kier molecular flexibility index (Phi) is 3.75. The SMILES string of the molecule is CC1CC1C(Cc1ccc(Cl)cc1Cl)NN. The normalized spacial score (nSPS) is 25.5. The highest BCUT2D eigenvalue weighted by Crippen LogP contribution is 2.41. The lowest BCUT2D eigenvalue weighted by Crippen LogP contribution is -2.39. The molecule has 0 bridgehead atoms. The van der Waals surface area contributed by atoms with Crippen LogP contribution >= 0.6 is 23.2 Å². The number of hydrogen-bond acceptors (Lipinski definition) is 2. The first-order chi connectivity index (χ1) is 7.61. The lowest BCUT2D eigenvalue weighted by atomic mass is 10.0. The molecular formula is C12H16Cl2N2. The summed E-state index contributed by atoms with van der Waals surface area (Å²) in [7, 11) is 0. The van der Waals surface area contributed by atoms with E-state index in [1.54, 1.807) is 6.07 Å². The maximum absolute atomic E-state index is 6.14. The summed E-state index contributed by atoms with van der Waals surface area (Å²) in [6.45, 7) is 2.25. The minimum Gasteiger partial charge on any atom is -0.271 e. The number of rotatable bonds is 4. The number of hydrazine groups is 1. The summed E-state index contributed by atoms with van der Waals surface area (Å²) >= 11 is 12.0. The molecule has 0 radical (unpaired) electrons. The molecule has 1 aliphatic rings. The molecule has 3 N–H and O–H groups in total. The van der Waals surface area contributed by atoms with Crippen LogP contribution in [0.15, 0.2) is 18.2 Å². The van der Waals surface area contributed by atoms with Crippen molar-refractivity contribution in [3.8, 4) is 0 Å². The first-order valence-electron chi connectivity index (χ1n) is 5.52. The summed E-state index contributed by atoms with van der Waals surface area (Å²) in [4.78, 5) is 0. The van der Waals surface area contributed by atoms with E-state index in [0.29, 0.717) is 17.0 Å². The third kappa shape index (κ3) is 2.69. The number of nitrogens with one attached hydrogen (secondary N) is 1. The van der Waals surface area contributed by atoms with Crippen molar-refractivity contribution >= 4 is 23.2 Å². The first-order valence-corrected chi connectivity index (χ1v) is 6.27. The summed E-state index contributed by atoms with van der Waals surface area (Å²) in [5.74, 6) is 7.03. The van der Waals surface area contributed by atoms with Gasteiger partial charge in [0.15, 0.2) is 0 Å². The van der Waals surface area contributed by atoms with Crippen LogP contribution in [0.4, 0.5) is 0 Å². The van der Waals surface area contributed by atoms with E-state index in [1.807, 2.05) is 12.1 Å². The molecule has 3 unspecified atom stereocenters. The molecule has 1 saturated carbocycles. The highest BCUT2D eigenvalue weighted by molar-refractivity contribution is 6.35. The smallest absolute Gasteiger partial charge is 0.0453 e. The average Bonchev–Trinajstić information content (AvgIpc) is 2.94.